The summed E-state index contributed by atoms with van der Waals surface area (Å²) in [6, 6.07) is 8.23. The minimum Gasteiger partial charge on any atom is -0.312 e. The van der Waals surface area contributed by atoms with E-state index in [4.69, 9.17) is 0 Å². The third-order valence-electron chi connectivity index (χ3n) is 2.31. The van der Waals surface area contributed by atoms with E-state index in [2.05, 4.69) is 71.2 Å². The molecule has 2 heterocycles. The van der Waals surface area contributed by atoms with Gasteiger partial charge in [-0.2, -0.15) is 0 Å². The highest BCUT2D eigenvalue weighted by molar-refractivity contribution is 7.58. The molecule has 0 saturated carbocycles. The summed E-state index contributed by atoms with van der Waals surface area (Å²) < 4.78 is 4.47. The minimum absolute atomic E-state index is 0.499. The van der Waals surface area contributed by atoms with E-state index in [9.17, 15) is 0 Å². The molecule has 0 aromatic carbocycles. The summed E-state index contributed by atoms with van der Waals surface area (Å²) in [6.45, 7) is 6.33. The Kier molecular flexibility index (Phi) is 3.08. The fourth-order valence-electron chi connectivity index (χ4n) is 1.49. The van der Waals surface area contributed by atoms with Crippen molar-refractivity contribution in [3.63, 3.8) is 0 Å². The number of allylic oxidation sites excluding steroid dienone is 1. The van der Waals surface area contributed by atoms with Gasteiger partial charge in [-0.15, -0.1) is 0 Å². The Morgan fingerprint density at radius 2 is 1.40 bits per heavy atom. The molecule has 78 valence electrons. The molecule has 0 fully saturated rings. The third kappa shape index (κ3) is 2.05. The van der Waals surface area contributed by atoms with Crippen molar-refractivity contribution in [1.29, 1.82) is 0 Å². The van der Waals surface area contributed by atoms with Crippen LogP contribution in [0.1, 0.15) is 13.3 Å². The molecule has 2 nitrogen and oxygen atoms in total. The molecule has 0 saturated heterocycles. The Bertz CT molecular complexity index is 380. The van der Waals surface area contributed by atoms with Crippen LogP contribution in [0, 0.1) is 0 Å². The summed E-state index contributed by atoms with van der Waals surface area (Å²) >= 11 is 0. The monoisotopic (exact) mass is 218 g/mol. The van der Waals surface area contributed by atoms with E-state index < -0.39 is 8.22 Å². The van der Waals surface area contributed by atoms with Gasteiger partial charge < -0.3 is 8.68 Å². The van der Waals surface area contributed by atoms with Gasteiger partial charge in [-0.05, 0) is 36.0 Å². The first-order valence-corrected chi connectivity index (χ1v) is 6.32. The van der Waals surface area contributed by atoms with E-state index in [1.54, 1.807) is 0 Å². The van der Waals surface area contributed by atoms with Crippen molar-refractivity contribution in [1.82, 2.24) is 8.68 Å². The molecule has 0 bridgehead atoms. The zero-order valence-electron chi connectivity index (χ0n) is 8.87. The highest BCUT2D eigenvalue weighted by Gasteiger charge is 2.13. The van der Waals surface area contributed by atoms with Gasteiger partial charge in [0.25, 0.3) is 0 Å². The van der Waals surface area contributed by atoms with Crippen LogP contribution in [0.2, 0.25) is 0 Å². The van der Waals surface area contributed by atoms with Crippen molar-refractivity contribution in [2.75, 3.05) is 0 Å². The maximum Gasteiger partial charge on any atom is 0.131 e. The topological polar surface area (TPSA) is 9.86 Å². The van der Waals surface area contributed by atoms with Gasteiger partial charge in [0.1, 0.15) is 8.22 Å². The fraction of sp³-hybridized carbons (Fsp3) is 0.167. The number of nitrogens with zero attached hydrogens (tertiary/aromatic N) is 2. The van der Waals surface area contributed by atoms with Crippen LogP contribution in [-0.4, -0.2) is 8.68 Å². The zero-order valence-corrected chi connectivity index (χ0v) is 9.77. The Hall–Kier alpha value is -1.27. The van der Waals surface area contributed by atoms with Crippen LogP contribution in [0.5, 0.6) is 0 Å². The SMILES string of the molecule is C=C(CC)P(n1cccc1)n1cccc1. The number of hydrogen-bond donors (Lipinski definition) is 0. The maximum absolute atomic E-state index is 4.17. The number of hydrogen-bond acceptors (Lipinski definition) is 0. The van der Waals surface area contributed by atoms with Crippen molar-refractivity contribution in [2.45, 2.75) is 13.3 Å². The van der Waals surface area contributed by atoms with Crippen molar-refractivity contribution in [3.8, 4) is 0 Å². The van der Waals surface area contributed by atoms with Crippen LogP contribution in [0.25, 0.3) is 0 Å². The fourth-order valence-corrected chi connectivity index (χ4v) is 3.48. The summed E-state index contributed by atoms with van der Waals surface area (Å²) in [6.07, 6.45) is 9.43. The van der Waals surface area contributed by atoms with Crippen molar-refractivity contribution < 1.29 is 0 Å². The first kappa shape index (κ1) is 10.3. The lowest BCUT2D eigenvalue weighted by atomic mass is 10.5. The summed E-state index contributed by atoms with van der Waals surface area (Å²) in [4.78, 5) is 0. The number of rotatable bonds is 4. The lowest BCUT2D eigenvalue weighted by Gasteiger charge is -2.21. The van der Waals surface area contributed by atoms with Crippen LogP contribution in [0.15, 0.2) is 60.9 Å². The van der Waals surface area contributed by atoms with Gasteiger partial charge >= 0.3 is 0 Å². The standard InChI is InChI=1S/C12H15N2P/c1-3-12(2)15(13-8-4-5-9-13)14-10-6-7-11-14/h4-11H,2-3H2,1H3. The van der Waals surface area contributed by atoms with Gasteiger partial charge in [0, 0.05) is 24.8 Å². The highest BCUT2D eigenvalue weighted by Crippen LogP contribution is 2.47. The van der Waals surface area contributed by atoms with Gasteiger partial charge in [-0.3, -0.25) is 0 Å². The summed E-state index contributed by atoms with van der Waals surface area (Å²) in [5.41, 5.74) is 0. The Morgan fingerprint density at radius 1 is 1.00 bits per heavy atom. The Morgan fingerprint density at radius 3 is 1.73 bits per heavy atom. The first-order chi connectivity index (χ1) is 7.33. The maximum atomic E-state index is 4.17. The van der Waals surface area contributed by atoms with Crippen molar-refractivity contribution in [2.24, 2.45) is 0 Å². The quantitative estimate of drug-likeness (QED) is 0.688. The molecule has 0 aliphatic rings. The lowest BCUT2D eigenvalue weighted by molar-refractivity contribution is 1.10. The van der Waals surface area contributed by atoms with Crippen LogP contribution < -0.4 is 0 Å². The molecule has 2 aromatic rings. The third-order valence-corrected chi connectivity index (χ3v) is 4.60. The van der Waals surface area contributed by atoms with Crippen LogP contribution >= 0.6 is 8.22 Å². The largest absolute Gasteiger partial charge is 0.312 e. The molecule has 0 N–H and O–H groups in total. The van der Waals surface area contributed by atoms with Crippen molar-refractivity contribution in [3.05, 3.63) is 60.9 Å². The van der Waals surface area contributed by atoms with Gasteiger partial charge in [-0.25, -0.2) is 0 Å². The Balaban J connectivity index is 2.37. The highest BCUT2D eigenvalue weighted by atomic mass is 31.1. The van der Waals surface area contributed by atoms with E-state index in [0.29, 0.717) is 0 Å². The molecule has 0 spiro atoms. The Labute approximate surface area is 91.7 Å². The summed E-state index contributed by atoms with van der Waals surface area (Å²) in [5.74, 6) is 0. The summed E-state index contributed by atoms with van der Waals surface area (Å²) in [7, 11) is -0.499. The molecule has 0 amide bonds. The van der Waals surface area contributed by atoms with Crippen LogP contribution in [0.3, 0.4) is 0 Å². The minimum atomic E-state index is -0.499. The molecular weight excluding hydrogens is 203 g/mol. The van der Waals surface area contributed by atoms with E-state index in [1.807, 2.05) is 0 Å². The van der Waals surface area contributed by atoms with Gasteiger partial charge in [0.05, 0.1) is 0 Å². The molecule has 0 atom stereocenters. The van der Waals surface area contributed by atoms with E-state index in [-0.39, 0.29) is 0 Å². The second kappa shape index (κ2) is 4.50. The molecular formula is C12H15N2P. The van der Waals surface area contributed by atoms with Gasteiger partial charge in [-0.1, -0.05) is 13.5 Å². The van der Waals surface area contributed by atoms with E-state index in [1.165, 1.54) is 5.31 Å². The average molecular weight is 218 g/mol. The smallest absolute Gasteiger partial charge is 0.131 e. The molecule has 3 heteroatoms. The molecule has 0 aliphatic carbocycles. The van der Waals surface area contributed by atoms with Gasteiger partial charge in [0.2, 0.25) is 0 Å². The molecule has 2 rings (SSSR count). The van der Waals surface area contributed by atoms with E-state index >= 15 is 0 Å². The van der Waals surface area contributed by atoms with Crippen LogP contribution in [-0.2, 0) is 0 Å². The normalized spacial score (nSPS) is 10.8. The second-order valence-electron chi connectivity index (χ2n) is 3.34. The molecule has 2 aromatic heterocycles. The molecule has 0 unspecified atom stereocenters. The number of aromatic nitrogens is 2. The van der Waals surface area contributed by atoms with Crippen LogP contribution in [0.4, 0.5) is 0 Å². The molecule has 15 heavy (non-hydrogen) atoms. The molecule has 0 radical (unpaired) electrons. The predicted molar refractivity (Wildman–Crippen MR) is 66.0 cm³/mol. The molecule has 0 aliphatic heterocycles. The van der Waals surface area contributed by atoms with E-state index in [0.717, 1.165) is 6.42 Å². The lowest BCUT2D eigenvalue weighted by Crippen LogP contribution is -1.98. The second-order valence-corrected chi connectivity index (χ2v) is 5.47. The summed E-state index contributed by atoms with van der Waals surface area (Å²) in [5, 5.41) is 1.28. The van der Waals surface area contributed by atoms with Gasteiger partial charge in [0.15, 0.2) is 0 Å². The predicted octanol–water partition coefficient (Wildman–Crippen LogP) is 3.92. The van der Waals surface area contributed by atoms with Crippen molar-refractivity contribution >= 4 is 8.22 Å². The first-order valence-electron chi connectivity index (χ1n) is 5.07. The zero-order chi connectivity index (χ0) is 10.7. The average Bonchev–Trinajstić information content (AvgIpc) is 2.90.